The maximum atomic E-state index is 13.8. The predicted octanol–water partition coefficient (Wildman–Crippen LogP) is 3.51. The second-order valence-electron chi connectivity index (χ2n) is 5.76. The Bertz CT molecular complexity index is 864. The van der Waals surface area contributed by atoms with E-state index in [9.17, 15) is 18.4 Å². The van der Waals surface area contributed by atoms with Crippen molar-refractivity contribution >= 4 is 17.5 Å². The molecule has 0 radical (unpaired) electrons. The standard InChI is InChI=1S/C19H16F2N2O2/c1-2-18(24)22-16-6-4-3-5-13(16)19(25)23-17-8-7-12-14(17)9-11(20)10-15(12)21/h2-6,9-10,17H,1,7-8H2,(H,22,24)(H,23,25). The predicted molar refractivity (Wildman–Crippen MR) is 90.2 cm³/mol. The van der Waals surface area contributed by atoms with E-state index in [1.54, 1.807) is 24.3 Å². The number of amides is 2. The average Bonchev–Trinajstić information content (AvgIpc) is 2.98. The van der Waals surface area contributed by atoms with Crippen LogP contribution in [0.25, 0.3) is 0 Å². The summed E-state index contributed by atoms with van der Waals surface area (Å²) in [5.74, 6) is -2.13. The van der Waals surface area contributed by atoms with Gasteiger partial charge in [0.1, 0.15) is 11.6 Å². The van der Waals surface area contributed by atoms with Crippen LogP contribution >= 0.6 is 0 Å². The van der Waals surface area contributed by atoms with Crippen molar-refractivity contribution in [3.63, 3.8) is 0 Å². The second-order valence-corrected chi connectivity index (χ2v) is 5.76. The molecule has 25 heavy (non-hydrogen) atoms. The van der Waals surface area contributed by atoms with Gasteiger partial charge >= 0.3 is 0 Å². The summed E-state index contributed by atoms with van der Waals surface area (Å²) in [5.41, 5.74) is 1.50. The number of carbonyl (C=O) groups is 2. The molecule has 1 aliphatic rings. The summed E-state index contributed by atoms with van der Waals surface area (Å²) in [7, 11) is 0. The minimum atomic E-state index is -0.670. The van der Waals surface area contributed by atoms with E-state index in [1.807, 2.05) is 0 Å². The molecule has 0 heterocycles. The largest absolute Gasteiger partial charge is 0.345 e. The van der Waals surface area contributed by atoms with E-state index in [2.05, 4.69) is 17.2 Å². The number of hydrogen-bond acceptors (Lipinski definition) is 2. The summed E-state index contributed by atoms with van der Waals surface area (Å²) in [4.78, 5) is 24.1. The van der Waals surface area contributed by atoms with Gasteiger partial charge in [-0.3, -0.25) is 9.59 Å². The maximum absolute atomic E-state index is 13.8. The van der Waals surface area contributed by atoms with Gasteiger partial charge in [-0.25, -0.2) is 8.78 Å². The van der Waals surface area contributed by atoms with Crippen LogP contribution in [0.3, 0.4) is 0 Å². The van der Waals surface area contributed by atoms with E-state index >= 15 is 0 Å². The van der Waals surface area contributed by atoms with Crippen molar-refractivity contribution in [1.29, 1.82) is 0 Å². The van der Waals surface area contributed by atoms with Gasteiger partial charge in [-0.1, -0.05) is 18.7 Å². The van der Waals surface area contributed by atoms with Crippen LogP contribution in [0, 0.1) is 11.6 Å². The molecule has 0 saturated carbocycles. The Morgan fingerprint density at radius 3 is 2.72 bits per heavy atom. The molecule has 1 unspecified atom stereocenters. The van der Waals surface area contributed by atoms with Crippen LogP contribution in [-0.2, 0) is 11.2 Å². The lowest BCUT2D eigenvalue weighted by molar-refractivity contribution is -0.111. The lowest BCUT2D eigenvalue weighted by atomic mass is 10.1. The molecule has 2 N–H and O–H groups in total. The molecule has 2 aromatic carbocycles. The highest BCUT2D eigenvalue weighted by molar-refractivity contribution is 6.06. The van der Waals surface area contributed by atoms with Gasteiger partial charge in [0.05, 0.1) is 17.3 Å². The Labute approximate surface area is 143 Å². The maximum Gasteiger partial charge on any atom is 0.253 e. The summed E-state index contributed by atoms with van der Waals surface area (Å²) in [6.07, 6.45) is 2.03. The number of hydrogen-bond donors (Lipinski definition) is 2. The fourth-order valence-electron chi connectivity index (χ4n) is 3.00. The summed E-state index contributed by atoms with van der Waals surface area (Å²) < 4.78 is 27.3. The van der Waals surface area contributed by atoms with Gasteiger partial charge in [0.25, 0.3) is 5.91 Å². The Morgan fingerprint density at radius 2 is 1.96 bits per heavy atom. The topological polar surface area (TPSA) is 58.2 Å². The fraction of sp³-hybridized carbons (Fsp3) is 0.158. The highest BCUT2D eigenvalue weighted by Gasteiger charge is 2.28. The number of fused-ring (bicyclic) bond motifs is 1. The van der Waals surface area contributed by atoms with E-state index in [-0.39, 0.29) is 5.56 Å². The fourth-order valence-corrected chi connectivity index (χ4v) is 3.00. The highest BCUT2D eigenvalue weighted by atomic mass is 19.1. The Morgan fingerprint density at radius 1 is 1.20 bits per heavy atom. The summed E-state index contributed by atoms with van der Waals surface area (Å²) in [5, 5.41) is 5.35. The number of rotatable bonds is 4. The molecule has 0 fully saturated rings. The van der Waals surface area contributed by atoms with Crippen LogP contribution in [0.4, 0.5) is 14.5 Å². The Balaban J connectivity index is 1.84. The lowest BCUT2D eigenvalue weighted by Crippen LogP contribution is -2.28. The first-order valence-electron chi connectivity index (χ1n) is 7.80. The molecule has 2 aromatic rings. The molecule has 0 bridgehead atoms. The summed E-state index contributed by atoms with van der Waals surface area (Å²) in [6.45, 7) is 3.37. The van der Waals surface area contributed by atoms with Crippen molar-refractivity contribution in [2.75, 3.05) is 5.32 Å². The molecule has 0 saturated heterocycles. The molecule has 3 rings (SSSR count). The zero-order chi connectivity index (χ0) is 18.0. The zero-order valence-corrected chi connectivity index (χ0v) is 13.3. The first kappa shape index (κ1) is 16.8. The molecule has 1 atom stereocenters. The summed E-state index contributed by atoms with van der Waals surface area (Å²) >= 11 is 0. The summed E-state index contributed by atoms with van der Waals surface area (Å²) in [6, 6.07) is 8.14. The number of anilines is 1. The molecule has 128 valence electrons. The number of carbonyl (C=O) groups excluding carboxylic acids is 2. The number of halogens is 2. The third kappa shape index (κ3) is 3.42. The van der Waals surface area contributed by atoms with Crippen LogP contribution < -0.4 is 10.6 Å². The molecule has 0 spiro atoms. The monoisotopic (exact) mass is 342 g/mol. The average molecular weight is 342 g/mol. The quantitative estimate of drug-likeness (QED) is 0.836. The number of nitrogens with one attached hydrogen (secondary N) is 2. The van der Waals surface area contributed by atoms with Crippen LogP contribution in [0.15, 0.2) is 49.1 Å². The van der Waals surface area contributed by atoms with Crippen molar-refractivity contribution in [1.82, 2.24) is 5.32 Å². The molecule has 0 aliphatic heterocycles. The van der Waals surface area contributed by atoms with Gasteiger partial charge in [0.2, 0.25) is 5.91 Å². The molecule has 1 aliphatic carbocycles. The van der Waals surface area contributed by atoms with Crippen molar-refractivity contribution in [2.45, 2.75) is 18.9 Å². The van der Waals surface area contributed by atoms with Crippen LogP contribution in [-0.4, -0.2) is 11.8 Å². The van der Waals surface area contributed by atoms with Crippen molar-refractivity contribution in [3.8, 4) is 0 Å². The van der Waals surface area contributed by atoms with Gasteiger partial charge in [-0.2, -0.15) is 0 Å². The SMILES string of the molecule is C=CC(=O)Nc1ccccc1C(=O)NC1CCc2c(F)cc(F)cc21. The number of para-hydroxylation sites is 1. The second kappa shape index (κ2) is 6.84. The van der Waals surface area contributed by atoms with Gasteiger partial charge in [0, 0.05) is 6.07 Å². The van der Waals surface area contributed by atoms with E-state index in [0.717, 1.165) is 12.1 Å². The third-order valence-electron chi connectivity index (χ3n) is 4.17. The first-order valence-corrected chi connectivity index (χ1v) is 7.80. The Hall–Kier alpha value is -3.02. The first-order chi connectivity index (χ1) is 12.0. The van der Waals surface area contributed by atoms with Crippen LogP contribution in [0.5, 0.6) is 0 Å². The zero-order valence-electron chi connectivity index (χ0n) is 13.3. The molecular formula is C19H16F2N2O2. The van der Waals surface area contributed by atoms with Crippen LogP contribution in [0.2, 0.25) is 0 Å². The van der Waals surface area contributed by atoms with E-state index < -0.39 is 29.5 Å². The number of benzene rings is 2. The lowest BCUT2D eigenvalue weighted by Gasteiger charge is -2.16. The third-order valence-corrected chi connectivity index (χ3v) is 4.17. The molecule has 6 heteroatoms. The Kier molecular flexibility index (Phi) is 4.61. The minimum absolute atomic E-state index is 0.267. The smallest absolute Gasteiger partial charge is 0.253 e. The molecule has 4 nitrogen and oxygen atoms in total. The van der Waals surface area contributed by atoms with Crippen molar-refractivity contribution < 1.29 is 18.4 Å². The minimum Gasteiger partial charge on any atom is -0.345 e. The van der Waals surface area contributed by atoms with Crippen LogP contribution in [0.1, 0.15) is 33.9 Å². The highest BCUT2D eigenvalue weighted by Crippen LogP contribution is 2.34. The van der Waals surface area contributed by atoms with E-state index in [0.29, 0.717) is 29.7 Å². The van der Waals surface area contributed by atoms with Gasteiger partial charge in [0.15, 0.2) is 0 Å². The molecule has 0 aromatic heterocycles. The van der Waals surface area contributed by atoms with Gasteiger partial charge < -0.3 is 10.6 Å². The molecular weight excluding hydrogens is 326 g/mol. The van der Waals surface area contributed by atoms with Crippen molar-refractivity contribution in [3.05, 3.63) is 77.4 Å². The van der Waals surface area contributed by atoms with Crippen molar-refractivity contribution in [2.24, 2.45) is 0 Å². The van der Waals surface area contributed by atoms with E-state index in [1.165, 1.54) is 6.07 Å². The van der Waals surface area contributed by atoms with E-state index in [4.69, 9.17) is 0 Å². The van der Waals surface area contributed by atoms with Gasteiger partial charge in [-0.05, 0) is 48.2 Å². The normalized spacial score (nSPS) is 15.4. The van der Waals surface area contributed by atoms with Gasteiger partial charge in [-0.15, -0.1) is 0 Å². The molecule has 2 amide bonds.